The molecule has 1 aromatic rings. The molecule has 0 amide bonds. The van der Waals surface area contributed by atoms with Crippen LogP contribution in [0.3, 0.4) is 0 Å². The number of pyridine rings is 1. The first-order chi connectivity index (χ1) is 7.76. The fourth-order valence-electron chi connectivity index (χ4n) is 1.63. The average Bonchev–Trinajstić information content (AvgIpc) is 2.28. The van der Waals surface area contributed by atoms with Gasteiger partial charge in [-0.15, -0.1) is 0 Å². The monoisotopic (exact) mass is 222 g/mol. The lowest BCUT2D eigenvalue weighted by Crippen LogP contribution is -2.29. The van der Waals surface area contributed by atoms with Crippen LogP contribution in [0, 0.1) is 0 Å². The van der Waals surface area contributed by atoms with E-state index in [4.69, 9.17) is 5.73 Å². The summed E-state index contributed by atoms with van der Waals surface area (Å²) in [6, 6.07) is 3.65. The van der Waals surface area contributed by atoms with E-state index in [0.717, 1.165) is 37.7 Å². The highest BCUT2D eigenvalue weighted by atomic mass is 15.1. The number of anilines is 2. The Bertz CT molecular complexity index is 301. The van der Waals surface area contributed by atoms with Crippen molar-refractivity contribution in [2.24, 2.45) is 0 Å². The van der Waals surface area contributed by atoms with Gasteiger partial charge in [0.25, 0.3) is 0 Å². The minimum Gasteiger partial charge on any atom is -0.399 e. The molecular formula is C12H22N4. The maximum Gasteiger partial charge on any atom is 0.127 e. The molecule has 0 saturated carbocycles. The van der Waals surface area contributed by atoms with Gasteiger partial charge in [-0.1, -0.05) is 13.8 Å². The molecule has 0 atom stereocenters. The Morgan fingerprint density at radius 1 is 1.38 bits per heavy atom. The van der Waals surface area contributed by atoms with Gasteiger partial charge in [-0.3, -0.25) is 0 Å². The zero-order chi connectivity index (χ0) is 11.8. The van der Waals surface area contributed by atoms with Crippen molar-refractivity contribution >= 4 is 11.5 Å². The van der Waals surface area contributed by atoms with E-state index in [1.54, 1.807) is 12.3 Å². The standard InChI is InChI=1S/C12H22N4/c1-3-8-16(4-2)9-7-15-12-10-11(13)5-6-14-12/h5-6,10H,3-4,7-9H2,1-2H3,(H3,13,14,15). The number of rotatable bonds is 7. The van der Waals surface area contributed by atoms with Gasteiger partial charge in [0.05, 0.1) is 0 Å². The number of nitrogens with zero attached hydrogens (tertiary/aromatic N) is 2. The van der Waals surface area contributed by atoms with Crippen molar-refractivity contribution in [1.82, 2.24) is 9.88 Å². The van der Waals surface area contributed by atoms with E-state index < -0.39 is 0 Å². The van der Waals surface area contributed by atoms with Gasteiger partial charge in [-0.05, 0) is 25.6 Å². The van der Waals surface area contributed by atoms with E-state index in [-0.39, 0.29) is 0 Å². The summed E-state index contributed by atoms with van der Waals surface area (Å²) < 4.78 is 0. The van der Waals surface area contributed by atoms with Crippen LogP contribution in [0.25, 0.3) is 0 Å². The highest BCUT2D eigenvalue weighted by Gasteiger charge is 2.00. The molecule has 3 N–H and O–H groups in total. The molecule has 4 nitrogen and oxygen atoms in total. The summed E-state index contributed by atoms with van der Waals surface area (Å²) in [6.45, 7) is 8.59. The molecule has 0 radical (unpaired) electrons. The van der Waals surface area contributed by atoms with Gasteiger partial charge in [0.2, 0.25) is 0 Å². The molecule has 4 heteroatoms. The number of nitrogens with one attached hydrogen (secondary N) is 1. The van der Waals surface area contributed by atoms with Gasteiger partial charge in [0, 0.05) is 31.0 Å². The third kappa shape index (κ3) is 4.49. The minimum absolute atomic E-state index is 0.749. The zero-order valence-electron chi connectivity index (χ0n) is 10.2. The second-order valence-electron chi connectivity index (χ2n) is 3.84. The van der Waals surface area contributed by atoms with E-state index in [9.17, 15) is 0 Å². The number of likely N-dealkylation sites (N-methyl/N-ethyl adjacent to an activating group) is 1. The first-order valence-electron chi connectivity index (χ1n) is 5.94. The molecule has 0 aliphatic heterocycles. The van der Waals surface area contributed by atoms with Gasteiger partial charge < -0.3 is 16.0 Å². The molecule has 0 saturated heterocycles. The molecule has 1 heterocycles. The summed E-state index contributed by atoms with van der Waals surface area (Å²) in [5, 5.41) is 3.28. The first-order valence-corrected chi connectivity index (χ1v) is 5.94. The summed E-state index contributed by atoms with van der Waals surface area (Å²) >= 11 is 0. The molecule has 0 aromatic carbocycles. The van der Waals surface area contributed by atoms with Crippen LogP contribution < -0.4 is 11.1 Å². The van der Waals surface area contributed by atoms with E-state index in [1.165, 1.54) is 6.42 Å². The van der Waals surface area contributed by atoms with E-state index in [0.29, 0.717) is 0 Å². The van der Waals surface area contributed by atoms with Crippen molar-refractivity contribution in [3.8, 4) is 0 Å². The van der Waals surface area contributed by atoms with Crippen molar-refractivity contribution < 1.29 is 0 Å². The van der Waals surface area contributed by atoms with Crippen LogP contribution in [0.5, 0.6) is 0 Å². The molecule has 0 fully saturated rings. The molecule has 90 valence electrons. The van der Waals surface area contributed by atoms with Crippen LogP contribution >= 0.6 is 0 Å². The average molecular weight is 222 g/mol. The molecular weight excluding hydrogens is 200 g/mol. The molecule has 0 aliphatic carbocycles. The fraction of sp³-hybridized carbons (Fsp3) is 0.583. The van der Waals surface area contributed by atoms with Crippen molar-refractivity contribution in [2.75, 3.05) is 37.2 Å². The van der Waals surface area contributed by atoms with Gasteiger partial charge in [0.1, 0.15) is 5.82 Å². The Morgan fingerprint density at radius 2 is 2.19 bits per heavy atom. The van der Waals surface area contributed by atoms with Crippen LogP contribution in [-0.2, 0) is 0 Å². The number of nitrogen functional groups attached to an aromatic ring is 1. The maximum atomic E-state index is 5.67. The maximum absolute atomic E-state index is 5.67. The Labute approximate surface area is 97.9 Å². The molecule has 1 rings (SSSR count). The zero-order valence-corrected chi connectivity index (χ0v) is 10.2. The summed E-state index contributed by atoms with van der Waals surface area (Å²) in [4.78, 5) is 6.61. The van der Waals surface area contributed by atoms with Crippen molar-refractivity contribution in [1.29, 1.82) is 0 Å². The molecule has 1 aromatic heterocycles. The van der Waals surface area contributed by atoms with Gasteiger partial charge in [-0.2, -0.15) is 0 Å². The molecule has 0 spiro atoms. The third-order valence-electron chi connectivity index (χ3n) is 2.51. The molecule has 0 bridgehead atoms. The predicted octanol–water partition coefficient (Wildman–Crippen LogP) is 1.81. The first kappa shape index (κ1) is 12.8. The van der Waals surface area contributed by atoms with Gasteiger partial charge >= 0.3 is 0 Å². The smallest absolute Gasteiger partial charge is 0.127 e. The van der Waals surface area contributed by atoms with Crippen LogP contribution in [0.15, 0.2) is 18.3 Å². The minimum atomic E-state index is 0.749. The van der Waals surface area contributed by atoms with Crippen molar-refractivity contribution in [3.63, 3.8) is 0 Å². The third-order valence-corrected chi connectivity index (χ3v) is 2.51. The van der Waals surface area contributed by atoms with E-state index >= 15 is 0 Å². The number of hydrogen-bond acceptors (Lipinski definition) is 4. The van der Waals surface area contributed by atoms with Crippen LogP contribution in [0.2, 0.25) is 0 Å². The lowest BCUT2D eigenvalue weighted by molar-refractivity contribution is 0.300. The fourth-order valence-corrected chi connectivity index (χ4v) is 1.63. The Balaban J connectivity index is 2.29. The molecule has 16 heavy (non-hydrogen) atoms. The van der Waals surface area contributed by atoms with Crippen molar-refractivity contribution in [3.05, 3.63) is 18.3 Å². The van der Waals surface area contributed by atoms with E-state index in [1.807, 2.05) is 6.07 Å². The summed E-state index contributed by atoms with van der Waals surface area (Å²) in [7, 11) is 0. The Morgan fingerprint density at radius 3 is 2.81 bits per heavy atom. The van der Waals surface area contributed by atoms with Gasteiger partial charge in [0.15, 0.2) is 0 Å². The lowest BCUT2D eigenvalue weighted by atomic mass is 10.4. The summed E-state index contributed by atoms with van der Waals surface area (Å²) in [6.07, 6.45) is 2.92. The second kappa shape index (κ2) is 7.06. The van der Waals surface area contributed by atoms with Gasteiger partial charge in [-0.25, -0.2) is 4.98 Å². The number of hydrogen-bond donors (Lipinski definition) is 2. The van der Waals surface area contributed by atoms with Crippen molar-refractivity contribution in [2.45, 2.75) is 20.3 Å². The Kier molecular flexibility index (Phi) is 5.64. The normalized spacial score (nSPS) is 10.7. The van der Waals surface area contributed by atoms with Crippen LogP contribution in [-0.4, -0.2) is 36.1 Å². The molecule has 0 aliphatic rings. The summed E-state index contributed by atoms with van der Waals surface area (Å²) in [5.74, 6) is 0.854. The Hall–Kier alpha value is -1.29. The molecule has 0 unspecified atom stereocenters. The SMILES string of the molecule is CCCN(CC)CCNc1cc(N)ccn1. The summed E-state index contributed by atoms with van der Waals surface area (Å²) in [5.41, 5.74) is 6.42. The lowest BCUT2D eigenvalue weighted by Gasteiger charge is -2.19. The largest absolute Gasteiger partial charge is 0.399 e. The quantitative estimate of drug-likeness (QED) is 0.738. The highest BCUT2D eigenvalue weighted by molar-refractivity contribution is 5.48. The second-order valence-corrected chi connectivity index (χ2v) is 3.84. The topological polar surface area (TPSA) is 54.2 Å². The number of nitrogens with two attached hydrogens (primary N) is 1. The predicted molar refractivity (Wildman–Crippen MR) is 69.5 cm³/mol. The number of aromatic nitrogens is 1. The van der Waals surface area contributed by atoms with Crippen LogP contribution in [0.1, 0.15) is 20.3 Å². The van der Waals surface area contributed by atoms with E-state index in [2.05, 4.69) is 29.0 Å². The highest BCUT2D eigenvalue weighted by Crippen LogP contribution is 2.07. The van der Waals surface area contributed by atoms with Crippen LogP contribution in [0.4, 0.5) is 11.5 Å².